The summed E-state index contributed by atoms with van der Waals surface area (Å²) in [5.41, 5.74) is -1.69. The largest absolute Gasteiger partial charge is 0.493 e. The Labute approximate surface area is 102 Å². The summed E-state index contributed by atoms with van der Waals surface area (Å²) >= 11 is 0. The van der Waals surface area contributed by atoms with Gasteiger partial charge in [0.05, 0.1) is 25.0 Å². The standard InChI is InChI=1S/C12H11F2NO3/c1-12(6-15,5-10(16)17)8-3-7(13)4-9(14)11(8)18-2/h3-4H,5H2,1-2H3,(H,16,17). The molecule has 18 heavy (non-hydrogen) atoms. The smallest absolute Gasteiger partial charge is 0.305 e. The van der Waals surface area contributed by atoms with Gasteiger partial charge < -0.3 is 9.84 Å². The molecule has 6 heteroatoms. The molecule has 1 aromatic rings. The van der Waals surface area contributed by atoms with E-state index in [0.29, 0.717) is 6.07 Å². The number of hydrogen-bond acceptors (Lipinski definition) is 3. The van der Waals surface area contributed by atoms with Gasteiger partial charge in [0.2, 0.25) is 0 Å². The van der Waals surface area contributed by atoms with Crippen molar-refractivity contribution in [1.29, 1.82) is 5.26 Å². The lowest BCUT2D eigenvalue weighted by Gasteiger charge is -2.22. The molecule has 0 radical (unpaired) electrons. The van der Waals surface area contributed by atoms with Gasteiger partial charge in [-0.1, -0.05) is 0 Å². The van der Waals surface area contributed by atoms with Crippen LogP contribution in [0.15, 0.2) is 12.1 Å². The van der Waals surface area contributed by atoms with E-state index >= 15 is 0 Å². The Morgan fingerprint density at radius 1 is 1.56 bits per heavy atom. The highest BCUT2D eigenvalue weighted by Crippen LogP contribution is 2.36. The molecular formula is C12H11F2NO3. The van der Waals surface area contributed by atoms with Gasteiger partial charge in [-0.05, 0) is 13.0 Å². The van der Waals surface area contributed by atoms with Crippen molar-refractivity contribution in [3.8, 4) is 11.8 Å². The number of halogens is 2. The third-order valence-electron chi connectivity index (χ3n) is 2.56. The van der Waals surface area contributed by atoms with Crippen LogP contribution in [0.5, 0.6) is 5.75 Å². The van der Waals surface area contributed by atoms with Crippen molar-refractivity contribution in [3.05, 3.63) is 29.3 Å². The van der Waals surface area contributed by atoms with Crippen LogP contribution in [0, 0.1) is 23.0 Å². The molecule has 1 atom stereocenters. The zero-order valence-electron chi connectivity index (χ0n) is 9.83. The first-order valence-electron chi connectivity index (χ1n) is 5.00. The molecule has 4 nitrogen and oxygen atoms in total. The van der Waals surface area contributed by atoms with Crippen LogP contribution < -0.4 is 4.74 Å². The molecule has 0 heterocycles. The maximum Gasteiger partial charge on any atom is 0.305 e. The zero-order valence-corrected chi connectivity index (χ0v) is 9.83. The SMILES string of the molecule is COc1c(F)cc(F)cc1C(C)(C#N)CC(=O)O. The third kappa shape index (κ3) is 2.56. The lowest BCUT2D eigenvalue weighted by Crippen LogP contribution is -2.25. The molecule has 1 aromatic carbocycles. The topological polar surface area (TPSA) is 70.3 Å². The molecule has 1 N–H and O–H groups in total. The lowest BCUT2D eigenvalue weighted by atomic mass is 9.80. The van der Waals surface area contributed by atoms with Crippen molar-refractivity contribution >= 4 is 5.97 Å². The highest BCUT2D eigenvalue weighted by molar-refractivity contribution is 5.70. The van der Waals surface area contributed by atoms with Crippen LogP contribution in [0.3, 0.4) is 0 Å². The molecule has 0 aliphatic carbocycles. The summed E-state index contributed by atoms with van der Waals surface area (Å²) in [6.45, 7) is 1.29. The monoisotopic (exact) mass is 255 g/mol. The average Bonchev–Trinajstić information content (AvgIpc) is 2.27. The van der Waals surface area contributed by atoms with Gasteiger partial charge in [-0.3, -0.25) is 4.79 Å². The molecular weight excluding hydrogens is 244 g/mol. The Hall–Kier alpha value is -2.16. The van der Waals surface area contributed by atoms with E-state index in [-0.39, 0.29) is 11.3 Å². The normalized spacial score (nSPS) is 13.5. The van der Waals surface area contributed by atoms with Gasteiger partial charge >= 0.3 is 5.97 Å². The Balaban J connectivity index is 3.46. The first-order valence-corrected chi connectivity index (χ1v) is 5.00. The highest BCUT2D eigenvalue weighted by Gasteiger charge is 2.34. The second kappa shape index (κ2) is 5.00. The van der Waals surface area contributed by atoms with Crippen molar-refractivity contribution in [2.45, 2.75) is 18.8 Å². The van der Waals surface area contributed by atoms with E-state index in [2.05, 4.69) is 0 Å². The van der Waals surface area contributed by atoms with E-state index in [1.807, 2.05) is 0 Å². The van der Waals surface area contributed by atoms with Crippen molar-refractivity contribution < 1.29 is 23.4 Å². The van der Waals surface area contributed by atoms with Crippen LogP contribution in [-0.2, 0) is 10.2 Å². The molecule has 0 aliphatic rings. The first-order chi connectivity index (χ1) is 8.34. The number of ether oxygens (including phenoxy) is 1. The Bertz CT molecular complexity index is 525. The zero-order chi connectivity index (χ0) is 13.9. The van der Waals surface area contributed by atoms with Gasteiger partial charge in [0.15, 0.2) is 11.6 Å². The predicted molar refractivity (Wildman–Crippen MR) is 58.1 cm³/mol. The molecule has 0 fully saturated rings. The lowest BCUT2D eigenvalue weighted by molar-refractivity contribution is -0.137. The van der Waals surface area contributed by atoms with Crippen molar-refractivity contribution in [2.24, 2.45) is 0 Å². The summed E-state index contributed by atoms with van der Waals surface area (Å²) in [4.78, 5) is 10.7. The van der Waals surface area contributed by atoms with E-state index in [0.717, 1.165) is 6.07 Å². The summed E-state index contributed by atoms with van der Waals surface area (Å²) in [6.07, 6.45) is -0.581. The summed E-state index contributed by atoms with van der Waals surface area (Å²) in [5, 5.41) is 17.8. The molecule has 0 bridgehead atoms. The second-order valence-corrected chi connectivity index (χ2v) is 3.98. The van der Waals surface area contributed by atoms with Crippen LogP contribution in [0.25, 0.3) is 0 Å². The third-order valence-corrected chi connectivity index (χ3v) is 2.56. The average molecular weight is 255 g/mol. The summed E-state index contributed by atoms with van der Waals surface area (Å²) in [6, 6.07) is 3.28. The molecule has 1 unspecified atom stereocenters. The minimum atomic E-state index is -1.57. The van der Waals surface area contributed by atoms with Crippen molar-refractivity contribution in [3.63, 3.8) is 0 Å². The van der Waals surface area contributed by atoms with Crippen molar-refractivity contribution in [2.75, 3.05) is 7.11 Å². The van der Waals surface area contributed by atoms with E-state index in [1.54, 1.807) is 6.07 Å². The molecule has 0 saturated heterocycles. The number of rotatable bonds is 4. The highest BCUT2D eigenvalue weighted by atomic mass is 19.1. The minimum Gasteiger partial charge on any atom is -0.493 e. The van der Waals surface area contributed by atoms with Crippen LogP contribution in [-0.4, -0.2) is 18.2 Å². The van der Waals surface area contributed by atoms with E-state index < -0.39 is 29.4 Å². The fourth-order valence-corrected chi connectivity index (χ4v) is 1.68. The summed E-state index contributed by atoms with van der Waals surface area (Å²) in [7, 11) is 1.17. The molecule has 1 rings (SSSR count). The van der Waals surface area contributed by atoms with Gasteiger partial charge in [-0.25, -0.2) is 8.78 Å². The quantitative estimate of drug-likeness (QED) is 0.895. The number of carbonyl (C=O) groups is 1. The summed E-state index contributed by atoms with van der Waals surface area (Å²) in [5.74, 6) is -3.43. The Kier molecular flexibility index (Phi) is 3.86. The van der Waals surface area contributed by atoms with E-state index in [1.165, 1.54) is 14.0 Å². The van der Waals surface area contributed by atoms with Gasteiger partial charge in [-0.2, -0.15) is 5.26 Å². The van der Waals surface area contributed by atoms with Gasteiger partial charge in [0.25, 0.3) is 0 Å². The van der Waals surface area contributed by atoms with Crippen LogP contribution in [0.4, 0.5) is 8.78 Å². The van der Waals surface area contributed by atoms with Crippen molar-refractivity contribution in [1.82, 2.24) is 0 Å². The molecule has 0 spiro atoms. The first kappa shape index (κ1) is 13.9. The fourth-order valence-electron chi connectivity index (χ4n) is 1.68. The Morgan fingerprint density at radius 3 is 2.61 bits per heavy atom. The maximum atomic E-state index is 13.5. The number of aliphatic carboxylic acids is 1. The predicted octanol–water partition coefficient (Wildman–Crippen LogP) is 2.23. The molecule has 0 amide bonds. The van der Waals surface area contributed by atoms with E-state index in [9.17, 15) is 13.6 Å². The fraction of sp³-hybridized carbons (Fsp3) is 0.333. The Morgan fingerprint density at radius 2 is 2.17 bits per heavy atom. The van der Waals surface area contributed by atoms with Crippen LogP contribution >= 0.6 is 0 Å². The molecule has 0 aliphatic heterocycles. The van der Waals surface area contributed by atoms with E-state index in [4.69, 9.17) is 15.1 Å². The second-order valence-electron chi connectivity index (χ2n) is 3.98. The number of carboxylic acids is 1. The molecule has 0 saturated carbocycles. The molecule has 96 valence electrons. The number of carboxylic acid groups (broad SMARTS) is 1. The van der Waals surface area contributed by atoms with Crippen LogP contribution in [0.2, 0.25) is 0 Å². The number of hydrogen-bond donors (Lipinski definition) is 1. The number of methoxy groups -OCH3 is 1. The minimum absolute atomic E-state index is 0.118. The van der Waals surface area contributed by atoms with Gasteiger partial charge in [0.1, 0.15) is 5.82 Å². The van der Waals surface area contributed by atoms with Gasteiger partial charge in [-0.15, -0.1) is 0 Å². The number of nitriles is 1. The molecule has 0 aromatic heterocycles. The van der Waals surface area contributed by atoms with Crippen LogP contribution in [0.1, 0.15) is 18.9 Å². The maximum absolute atomic E-state index is 13.5. The summed E-state index contributed by atoms with van der Waals surface area (Å²) < 4.78 is 31.5. The number of benzene rings is 1. The number of nitrogens with zero attached hydrogens (tertiary/aromatic N) is 1. The van der Waals surface area contributed by atoms with Gasteiger partial charge in [0, 0.05) is 11.6 Å².